The lowest BCUT2D eigenvalue weighted by Gasteiger charge is -2.12. The van der Waals surface area contributed by atoms with Crippen LogP contribution in [0.2, 0.25) is 5.02 Å². The lowest BCUT2D eigenvalue weighted by atomic mass is 9.96. The summed E-state index contributed by atoms with van der Waals surface area (Å²) in [5.74, 6) is 1.77. The number of ketones is 1. The molecule has 0 amide bonds. The van der Waals surface area contributed by atoms with Crippen molar-refractivity contribution < 1.29 is 13.9 Å². The van der Waals surface area contributed by atoms with E-state index < -0.39 is 0 Å². The van der Waals surface area contributed by atoms with Crippen LogP contribution in [-0.4, -0.2) is 12.9 Å². The van der Waals surface area contributed by atoms with Gasteiger partial charge in [-0.05, 0) is 36.2 Å². The summed E-state index contributed by atoms with van der Waals surface area (Å²) in [6.45, 7) is 5.46. The van der Waals surface area contributed by atoms with Gasteiger partial charge >= 0.3 is 0 Å². The summed E-state index contributed by atoms with van der Waals surface area (Å²) >= 11 is 6.15. The summed E-state index contributed by atoms with van der Waals surface area (Å²) in [4.78, 5) is 11.4. The Hall–Kier alpha value is -1.74. The highest BCUT2D eigenvalue weighted by Crippen LogP contribution is 2.33. The molecule has 0 aliphatic rings. The van der Waals surface area contributed by atoms with Crippen LogP contribution in [0.15, 0.2) is 28.7 Å². The molecule has 106 valence electrons. The van der Waals surface area contributed by atoms with Gasteiger partial charge in [0, 0.05) is 12.8 Å². The average Bonchev–Trinajstić information content (AvgIpc) is 2.80. The van der Waals surface area contributed by atoms with E-state index >= 15 is 0 Å². The number of carbonyl (C=O) groups is 1. The molecule has 0 bridgehead atoms. The Balaban J connectivity index is 2.38. The first-order chi connectivity index (χ1) is 9.43. The number of ether oxygens (including phenoxy) is 1. The predicted molar refractivity (Wildman–Crippen MR) is 79.0 cm³/mol. The van der Waals surface area contributed by atoms with E-state index in [-0.39, 0.29) is 11.7 Å². The van der Waals surface area contributed by atoms with Gasteiger partial charge in [0.25, 0.3) is 0 Å². The minimum absolute atomic E-state index is 0.0199. The van der Waals surface area contributed by atoms with Crippen LogP contribution in [0, 0.1) is 6.92 Å². The zero-order valence-electron chi connectivity index (χ0n) is 12.0. The first-order valence-electron chi connectivity index (χ1n) is 6.38. The van der Waals surface area contributed by atoms with E-state index in [2.05, 4.69) is 0 Å². The van der Waals surface area contributed by atoms with E-state index in [1.54, 1.807) is 13.2 Å². The van der Waals surface area contributed by atoms with Crippen LogP contribution in [0.3, 0.4) is 0 Å². The second kappa shape index (κ2) is 5.71. The zero-order valence-corrected chi connectivity index (χ0v) is 12.7. The van der Waals surface area contributed by atoms with Crippen molar-refractivity contribution in [3.05, 3.63) is 51.9 Å². The highest BCUT2D eigenvalue weighted by Gasteiger charge is 2.19. The molecule has 0 aliphatic heterocycles. The lowest BCUT2D eigenvalue weighted by Crippen LogP contribution is -1.97. The first kappa shape index (κ1) is 14.7. The molecule has 0 fully saturated rings. The van der Waals surface area contributed by atoms with Crippen molar-refractivity contribution in [1.29, 1.82) is 0 Å². The molecule has 0 spiro atoms. The SMILES string of the molecule is COc1ccc(C(C)c2oc(C(C)=O)cc2C)cc1Cl. The number of furan rings is 1. The van der Waals surface area contributed by atoms with Crippen LogP contribution in [0.4, 0.5) is 0 Å². The maximum absolute atomic E-state index is 11.4. The van der Waals surface area contributed by atoms with Gasteiger partial charge in [-0.3, -0.25) is 4.79 Å². The number of aryl methyl sites for hydroxylation is 1. The van der Waals surface area contributed by atoms with Crippen LogP contribution >= 0.6 is 11.6 Å². The van der Waals surface area contributed by atoms with Crippen LogP contribution in [0.1, 0.15) is 47.2 Å². The van der Waals surface area contributed by atoms with Crippen molar-refractivity contribution in [2.75, 3.05) is 7.11 Å². The third kappa shape index (κ3) is 2.73. The van der Waals surface area contributed by atoms with Gasteiger partial charge in [-0.25, -0.2) is 0 Å². The standard InChI is InChI=1S/C16H17ClO3/c1-9-7-15(11(3)18)20-16(9)10(2)12-5-6-14(19-4)13(17)8-12/h5-8,10H,1-4H3. The third-order valence-electron chi connectivity index (χ3n) is 3.37. The van der Waals surface area contributed by atoms with Crippen LogP contribution in [-0.2, 0) is 0 Å². The number of methoxy groups -OCH3 is 1. The second-order valence-electron chi connectivity index (χ2n) is 4.83. The molecule has 0 radical (unpaired) electrons. The maximum atomic E-state index is 11.4. The number of hydrogen-bond acceptors (Lipinski definition) is 3. The summed E-state index contributed by atoms with van der Waals surface area (Å²) in [6, 6.07) is 7.42. The van der Waals surface area contributed by atoms with Crippen molar-refractivity contribution in [3.8, 4) is 5.75 Å². The van der Waals surface area contributed by atoms with Crippen LogP contribution < -0.4 is 4.74 Å². The van der Waals surface area contributed by atoms with E-state index in [1.807, 2.05) is 32.0 Å². The van der Waals surface area contributed by atoms with Crippen LogP contribution in [0.25, 0.3) is 0 Å². The third-order valence-corrected chi connectivity index (χ3v) is 3.67. The molecule has 2 aromatic rings. The fraction of sp³-hybridized carbons (Fsp3) is 0.312. The molecule has 4 heteroatoms. The van der Waals surface area contributed by atoms with Gasteiger partial charge in [-0.15, -0.1) is 0 Å². The molecular weight excluding hydrogens is 276 g/mol. The zero-order chi connectivity index (χ0) is 14.9. The van der Waals surface area contributed by atoms with Gasteiger partial charge in [-0.1, -0.05) is 24.6 Å². The molecule has 20 heavy (non-hydrogen) atoms. The van der Waals surface area contributed by atoms with E-state index in [4.69, 9.17) is 20.8 Å². The highest BCUT2D eigenvalue weighted by atomic mass is 35.5. The summed E-state index contributed by atoms with van der Waals surface area (Å²) in [5, 5.41) is 0.563. The van der Waals surface area contributed by atoms with Crippen molar-refractivity contribution in [1.82, 2.24) is 0 Å². The topological polar surface area (TPSA) is 39.4 Å². The van der Waals surface area contributed by atoms with E-state index in [9.17, 15) is 4.79 Å². The predicted octanol–water partition coefficient (Wildman–Crippen LogP) is 4.60. The summed E-state index contributed by atoms with van der Waals surface area (Å²) in [6.07, 6.45) is 0. The smallest absolute Gasteiger partial charge is 0.194 e. The number of Topliss-reactive ketones (excluding diaryl/α,β-unsaturated/α-hetero) is 1. The van der Waals surface area contributed by atoms with Gasteiger partial charge in [0.05, 0.1) is 12.1 Å². The van der Waals surface area contributed by atoms with Gasteiger partial charge in [-0.2, -0.15) is 0 Å². The highest BCUT2D eigenvalue weighted by molar-refractivity contribution is 6.32. The molecule has 1 aromatic heterocycles. The number of halogens is 1. The Bertz CT molecular complexity index is 643. The van der Waals surface area contributed by atoms with Crippen molar-refractivity contribution in [2.45, 2.75) is 26.7 Å². The Kier molecular flexibility index (Phi) is 4.19. The van der Waals surface area contributed by atoms with Crippen molar-refractivity contribution >= 4 is 17.4 Å². The normalized spacial score (nSPS) is 12.2. The minimum Gasteiger partial charge on any atom is -0.495 e. The van der Waals surface area contributed by atoms with Gasteiger partial charge < -0.3 is 9.15 Å². The number of hydrogen-bond donors (Lipinski definition) is 0. The maximum Gasteiger partial charge on any atom is 0.194 e. The number of carbonyl (C=O) groups excluding carboxylic acids is 1. The van der Waals surface area contributed by atoms with E-state index in [0.717, 1.165) is 16.9 Å². The molecular formula is C16H17ClO3. The lowest BCUT2D eigenvalue weighted by molar-refractivity contribution is 0.0985. The summed E-state index contributed by atoms with van der Waals surface area (Å²) < 4.78 is 10.8. The molecule has 1 unspecified atom stereocenters. The Morgan fingerprint density at radius 2 is 2.05 bits per heavy atom. The van der Waals surface area contributed by atoms with Crippen molar-refractivity contribution in [2.24, 2.45) is 0 Å². The Morgan fingerprint density at radius 1 is 1.35 bits per heavy atom. The van der Waals surface area contributed by atoms with E-state index in [1.165, 1.54) is 6.92 Å². The molecule has 1 atom stereocenters. The molecule has 0 aliphatic carbocycles. The molecule has 0 saturated carbocycles. The first-order valence-corrected chi connectivity index (χ1v) is 6.76. The quantitative estimate of drug-likeness (QED) is 0.773. The van der Waals surface area contributed by atoms with Gasteiger partial charge in [0.15, 0.2) is 11.5 Å². The molecule has 0 saturated heterocycles. The summed E-state index contributed by atoms with van der Waals surface area (Å²) in [5.41, 5.74) is 1.98. The van der Waals surface area contributed by atoms with Crippen molar-refractivity contribution in [3.63, 3.8) is 0 Å². The molecule has 1 heterocycles. The molecule has 0 N–H and O–H groups in total. The minimum atomic E-state index is -0.0701. The second-order valence-corrected chi connectivity index (χ2v) is 5.24. The monoisotopic (exact) mass is 292 g/mol. The van der Waals surface area contributed by atoms with E-state index in [0.29, 0.717) is 16.5 Å². The van der Waals surface area contributed by atoms with Gasteiger partial charge in [0.2, 0.25) is 0 Å². The largest absolute Gasteiger partial charge is 0.495 e. The number of benzene rings is 1. The fourth-order valence-corrected chi connectivity index (χ4v) is 2.47. The molecule has 2 rings (SSSR count). The average molecular weight is 293 g/mol. The number of rotatable bonds is 4. The Morgan fingerprint density at radius 3 is 2.55 bits per heavy atom. The van der Waals surface area contributed by atoms with Crippen LogP contribution in [0.5, 0.6) is 5.75 Å². The molecule has 3 nitrogen and oxygen atoms in total. The van der Waals surface area contributed by atoms with Gasteiger partial charge in [0.1, 0.15) is 11.5 Å². The fourth-order valence-electron chi connectivity index (χ4n) is 2.20. The molecule has 1 aromatic carbocycles. The summed E-state index contributed by atoms with van der Waals surface area (Å²) in [7, 11) is 1.58. The Labute approximate surface area is 123 Å².